The van der Waals surface area contributed by atoms with E-state index in [-0.39, 0.29) is 12.5 Å². The van der Waals surface area contributed by atoms with Crippen LogP contribution in [0.4, 0.5) is 0 Å². The molecule has 0 saturated heterocycles. The maximum atomic E-state index is 11.9. The molecule has 0 bridgehead atoms. The Balaban J connectivity index is 2.43. The van der Waals surface area contributed by atoms with Gasteiger partial charge in [-0.05, 0) is 51.5 Å². The van der Waals surface area contributed by atoms with Crippen LogP contribution in [0.1, 0.15) is 46.5 Å². The molecule has 0 radical (unpaired) electrons. The van der Waals surface area contributed by atoms with Gasteiger partial charge in [-0.1, -0.05) is 24.1 Å². The third-order valence-corrected chi connectivity index (χ3v) is 3.65. The molecule has 2 atom stereocenters. The molecule has 0 saturated carbocycles. The number of rotatable bonds is 5. The van der Waals surface area contributed by atoms with Gasteiger partial charge in [0.25, 0.3) is 0 Å². The SMILES string of the molecule is CC1=CC(=O)[C@H]([C@H](C)CC/C=C(\C)CO)CC1. The zero-order valence-electron chi connectivity index (χ0n) is 11.2. The van der Waals surface area contributed by atoms with Gasteiger partial charge in [-0.15, -0.1) is 0 Å². The van der Waals surface area contributed by atoms with Crippen LogP contribution >= 0.6 is 0 Å². The Hall–Kier alpha value is -0.890. The molecule has 2 heteroatoms. The Morgan fingerprint density at radius 1 is 1.65 bits per heavy atom. The Bertz CT molecular complexity index is 326. The summed E-state index contributed by atoms with van der Waals surface area (Å²) in [6, 6.07) is 0. The average molecular weight is 236 g/mol. The fourth-order valence-electron chi connectivity index (χ4n) is 2.37. The van der Waals surface area contributed by atoms with Crippen LogP contribution < -0.4 is 0 Å². The van der Waals surface area contributed by atoms with Crippen LogP contribution in [-0.4, -0.2) is 17.5 Å². The molecular weight excluding hydrogens is 212 g/mol. The smallest absolute Gasteiger partial charge is 0.158 e. The molecule has 0 spiro atoms. The van der Waals surface area contributed by atoms with Crippen molar-refractivity contribution >= 4 is 5.78 Å². The van der Waals surface area contributed by atoms with Crippen LogP contribution in [0.25, 0.3) is 0 Å². The predicted octanol–water partition coefficient (Wildman–Crippen LogP) is 3.27. The van der Waals surface area contributed by atoms with E-state index in [2.05, 4.69) is 13.0 Å². The van der Waals surface area contributed by atoms with Crippen molar-refractivity contribution in [3.05, 3.63) is 23.3 Å². The van der Waals surface area contributed by atoms with E-state index in [0.29, 0.717) is 11.7 Å². The number of carbonyl (C=O) groups excluding carboxylic acids is 1. The van der Waals surface area contributed by atoms with Crippen molar-refractivity contribution in [3.8, 4) is 0 Å². The van der Waals surface area contributed by atoms with E-state index >= 15 is 0 Å². The molecule has 1 aliphatic carbocycles. The van der Waals surface area contributed by atoms with Crippen LogP contribution in [0.15, 0.2) is 23.3 Å². The normalized spacial score (nSPS) is 23.5. The molecule has 1 rings (SSSR count). The van der Waals surface area contributed by atoms with E-state index < -0.39 is 0 Å². The number of aliphatic hydroxyl groups is 1. The van der Waals surface area contributed by atoms with E-state index in [0.717, 1.165) is 31.3 Å². The molecule has 0 amide bonds. The van der Waals surface area contributed by atoms with Gasteiger partial charge in [-0.25, -0.2) is 0 Å². The van der Waals surface area contributed by atoms with Gasteiger partial charge in [0.1, 0.15) is 0 Å². The van der Waals surface area contributed by atoms with Crippen LogP contribution in [0.5, 0.6) is 0 Å². The summed E-state index contributed by atoms with van der Waals surface area (Å²) in [5.41, 5.74) is 2.23. The third kappa shape index (κ3) is 4.47. The number of hydrogen-bond donors (Lipinski definition) is 1. The lowest BCUT2D eigenvalue weighted by molar-refractivity contribution is -0.120. The molecule has 0 aromatic rings. The second-order valence-electron chi connectivity index (χ2n) is 5.30. The van der Waals surface area contributed by atoms with E-state index in [4.69, 9.17) is 5.11 Å². The molecule has 1 N–H and O–H groups in total. The zero-order valence-corrected chi connectivity index (χ0v) is 11.2. The molecule has 1 aliphatic rings. The highest BCUT2D eigenvalue weighted by molar-refractivity contribution is 5.93. The van der Waals surface area contributed by atoms with Crippen molar-refractivity contribution in [1.82, 2.24) is 0 Å². The molecule has 0 unspecified atom stereocenters. The maximum absolute atomic E-state index is 11.9. The van der Waals surface area contributed by atoms with E-state index in [9.17, 15) is 4.79 Å². The monoisotopic (exact) mass is 236 g/mol. The molecule has 0 aliphatic heterocycles. The zero-order chi connectivity index (χ0) is 12.8. The second-order valence-corrected chi connectivity index (χ2v) is 5.30. The number of ketones is 1. The van der Waals surface area contributed by atoms with Gasteiger partial charge in [-0.3, -0.25) is 4.79 Å². The topological polar surface area (TPSA) is 37.3 Å². The maximum Gasteiger partial charge on any atom is 0.158 e. The van der Waals surface area contributed by atoms with Crippen LogP contribution in [-0.2, 0) is 4.79 Å². The number of allylic oxidation sites excluding steroid dienone is 3. The first-order valence-corrected chi connectivity index (χ1v) is 6.52. The van der Waals surface area contributed by atoms with E-state index in [1.165, 1.54) is 5.57 Å². The fraction of sp³-hybridized carbons (Fsp3) is 0.667. The van der Waals surface area contributed by atoms with E-state index in [1.807, 2.05) is 19.9 Å². The fourth-order valence-corrected chi connectivity index (χ4v) is 2.37. The summed E-state index contributed by atoms with van der Waals surface area (Å²) in [6.45, 7) is 6.27. The minimum Gasteiger partial charge on any atom is -0.392 e. The van der Waals surface area contributed by atoms with Crippen molar-refractivity contribution in [1.29, 1.82) is 0 Å². The van der Waals surface area contributed by atoms with Gasteiger partial charge < -0.3 is 5.11 Å². The molecule has 0 heterocycles. The van der Waals surface area contributed by atoms with Crippen molar-refractivity contribution in [2.45, 2.75) is 46.5 Å². The molecule has 96 valence electrons. The van der Waals surface area contributed by atoms with Gasteiger partial charge in [0, 0.05) is 5.92 Å². The molecule has 2 nitrogen and oxygen atoms in total. The lowest BCUT2D eigenvalue weighted by atomic mass is 9.79. The van der Waals surface area contributed by atoms with Crippen molar-refractivity contribution < 1.29 is 9.90 Å². The highest BCUT2D eigenvalue weighted by Gasteiger charge is 2.25. The molecule has 0 aromatic carbocycles. The Morgan fingerprint density at radius 3 is 2.94 bits per heavy atom. The predicted molar refractivity (Wildman–Crippen MR) is 70.7 cm³/mol. The minimum atomic E-state index is 0.138. The summed E-state index contributed by atoms with van der Waals surface area (Å²) in [6.07, 6.45) is 7.95. The highest BCUT2D eigenvalue weighted by atomic mass is 16.3. The van der Waals surface area contributed by atoms with Gasteiger partial charge in [0.15, 0.2) is 5.78 Å². The molecular formula is C15H24O2. The van der Waals surface area contributed by atoms with E-state index in [1.54, 1.807) is 0 Å². The summed E-state index contributed by atoms with van der Waals surface area (Å²) in [4.78, 5) is 11.9. The Morgan fingerprint density at radius 2 is 2.35 bits per heavy atom. The standard InChI is InChI=1S/C15H24O2/c1-11-7-8-14(15(17)9-11)13(3)6-4-5-12(2)10-16/h5,9,13-14,16H,4,6-8,10H2,1-3H3/b12-5+/t13-,14+/m1/s1. The number of hydrogen-bond acceptors (Lipinski definition) is 2. The largest absolute Gasteiger partial charge is 0.392 e. The Labute approximate surface area is 104 Å². The first-order chi connectivity index (χ1) is 8.04. The van der Waals surface area contributed by atoms with Crippen molar-refractivity contribution in [2.75, 3.05) is 6.61 Å². The highest BCUT2D eigenvalue weighted by Crippen LogP contribution is 2.29. The molecule has 0 fully saturated rings. The number of aliphatic hydroxyl groups excluding tert-OH is 1. The van der Waals surface area contributed by atoms with Crippen LogP contribution in [0, 0.1) is 11.8 Å². The lowest BCUT2D eigenvalue weighted by Crippen LogP contribution is -2.23. The molecule has 0 aromatic heterocycles. The minimum absolute atomic E-state index is 0.138. The summed E-state index contributed by atoms with van der Waals surface area (Å²) < 4.78 is 0. The summed E-state index contributed by atoms with van der Waals surface area (Å²) in [7, 11) is 0. The average Bonchev–Trinajstić information content (AvgIpc) is 2.28. The van der Waals surface area contributed by atoms with Gasteiger partial charge in [0.2, 0.25) is 0 Å². The van der Waals surface area contributed by atoms with Crippen LogP contribution in [0.3, 0.4) is 0 Å². The van der Waals surface area contributed by atoms with Gasteiger partial charge in [0.05, 0.1) is 6.61 Å². The van der Waals surface area contributed by atoms with Crippen molar-refractivity contribution in [2.24, 2.45) is 11.8 Å². The summed E-state index contributed by atoms with van der Waals surface area (Å²) in [5, 5.41) is 8.89. The Kier molecular flexibility index (Phi) is 5.63. The quantitative estimate of drug-likeness (QED) is 0.744. The molecule has 17 heavy (non-hydrogen) atoms. The van der Waals surface area contributed by atoms with Crippen LogP contribution in [0.2, 0.25) is 0 Å². The number of carbonyl (C=O) groups is 1. The van der Waals surface area contributed by atoms with Gasteiger partial charge >= 0.3 is 0 Å². The van der Waals surface area contributed by atoms with Crippen molar-refractivity contribution in [3.63, 3.8) is 0 Å². The second kappa shape index (κ2) is 6.75. The first-order valence-electron chi connectivity index (χ1n) is 6.52. The lowest BCUT2D eigenvalue weighted by Gasteiger charge is -2.25. The van der Waals surface area contributed by atoms with Gasteiger partial charge in [-0.2, -0.15) is 0 Å². The first kappa shape index (κ1) is 14.2. The third-order valence-electron chi connectivity index (χ3n) is 3.65. The summed E-state index contributed by atoms with van der Waals surface area (Å²) >= 11 is 0. The summed E-state index contributed by atoms with van der Waals surface area (Å²) in [5.74, 6) is 0.959.